The SMILES string of the molecule is CCn1c(Cc2ccnn2-c2cccc(F)n2)nc2ccncc21. The van der Waals surface area contributed by atoms with Gasteiger partial charge in [0.2, 0.25) is 5.95 Å². The highest BCUT2D eigenvalue weighted by Gasteiger charge is 2.14. The van der Waals surface area contributed by atoms with Crippen molar-refractivity contribution in [2.75, 3.05) is 0 Å². The lowest BCUT2D eigenvalue weighted by Gasteiger charge is -2.08. The molecular weight excluding hydrogens is 307 g/mol. The summed E-state index contributed by atoms with van der Waals surface area (Å²) in [5, 5.41) is 4.27. The Morgan fingerprint density at radius 3 is 2.83 bits per heavy atom. The van der Waals surface area contributed by atoms with Crippen molar-refractivity contribution in [3.63, 3.8) is 0 Å². The van der Waals surface area contributed by atoms with Crippen LogP contribution in [-0.4, -0.2) is 29.3 Å². The fraction of sp³-hybridized carbons (Fsp3) is 0.176. The number of nitrogens with zero attached hydrogens (tertiary/aromatic N) is 6. The lowest BCUT2D eigenvalue weighted by Crippen LogP contribution is -2.09. The molecule has 4 rings (SSSR count). The summed E-state index contributed by atoms with van der Waals surface area (Å²) in [7, 11) is 0. The summed E-state index contributed by atoms with van der Waals surface area (Å²) < 4.78 is 17.2. The molecule has 7 heteroatoms. The Kier molecular flexibility index (Phi) is 3.53. The first kappa shape index (κ1) is 14.5. The number of halogens is 1. The lowest BCUT2D eigenvalue weighted by molar-refractivity contribution is 0.576. The van der Waals surface area contributed by atoms with Crippen LogP contribution in [0.2, 0.25) is 0 Å². The zero-order valence-electron chi connectivity index (χ0n) is 13.1. The van der Waals surface area contributed by atoms with Crippen LogP contribution < -0.4 is 0 Å². The van der Waals surface area contributed by atoms with Crippen LogP contribution in [0.3, 0.4) is 0 Å². The van der Waals surface area contributed by atoms with E-state index in [1.807, 2.05) is 18.3 Å². The average Bonchev–Trinajstić information content (AvgIpc) is 3.19. The van der Waals surface area contributed by atoms with E-state index in [1.54, 1.807) is 29.2 Å². The van der Waals surface area contributed by atoms with E-state index in [0.717, 1.165) is 29.1 Å². The second-order valence-corrected chi connectivity index (χ2v) is 5.37. The summed E-state index contributed by atoms with van der Waals surface area (Å²) in [6.45, 7) is 2.87. The molecule has 4 aromatic heterocycles. The molecule has 6 nitrogen and oxygen atoms in total. The molecule has 0 N–H and O–H groups in total. The van der Waals surface area contributed by atoms with Gasteiger partial charge in [0.1, 0.15) is 5.82 Å². The highest BCUT2D eigenvalue weighted by atomic mass is 19.1. The van der Waals surface area contributed by atoms with Crippen molar-refractivity contribution in [2.24, 2.45) is 0 Å². The summed E-state index contributed by atoms with van der Waals surface area (Å²) in [5.41, 5.74) is 2.81. The van der Waals surface area contributed by atoms with E-state index in [1.165, 1.54) is 6.07 Å². The summed E-state index contributed by atoms with van der Waals surface area (Å²) in [6.07, 6.45) is 5.81. The minimum atomic E-state index is -0.527. The molecule has 0 saturated carbocycles. The summed E-state index contributed by atoms with van der Waals surface area (Å²) in [5.74, 6) is 0.843. The third kappa shape index (κ3) is 2.44. The first-order valence-electron chi connectivity index (χ1n) is 7.71. The summed E-state index contributed by atoms with van der Waals surface area (Å²) in [6, 6.07) is 8.46. The van der Waals surface area contributed by atoms with Crippen molar-refractivity contribution >= 4 is 11.0 Å². The van der Waals surface area contributed by atoms with Crippen molar-refractivity contribution in [2.45, 2.75) is 19.9 Å². The molecule has 0 saturated heterocycles. The molecule has 24 heavy (non-hydrogen) atoms. The highest BCUT2D eigenvalue weighted by molar-refractivity contribution is 5.74. The van der Waals surface area contributed by atoms with Crippen LogP contribution in [0.1, 0.15) is 18.4 Å². The normalized spacial score (nSPS) is 11.2. The predicted molar refractivity (Wildman–Crippen MR) is 87.3 cm³/mol. The molecule has 0 aromatic carbocycles. The van der Waals surface area contributed by atoms with E-state index in [-0.39, 0.29) is 0 Å². The largest absolute Gasteiger partial charge is 0.327 e. The molecule has 0 aliphatic rings. The number of rotatable bonds is 4. The lowest BCUT2D eigenvalue weighted by atomic mass is 10.3. The monoisotopic (exact) mass is 322 g/mol. The molecule has 0 unspecified atom stereocenters. The van der Waals surface area contributed by atoms with Gasteiger partial charge in [-0.1, -0.05) is 6.07 Å². The van der Waals surface area contributed by atoms with Gasteiger partial charge in [-0.05, 0) is 31.2 Å². The molecule has 4 heterocycles. The number of hydrogen-bond donors (Lipinski definition) is 0. The molecule has 0 aliphatic heterocycles. The Balaban J connectivity index is 1.76. The minimum absolute atomic E-state index is 0.454. The molecule has 0 bridgehead atoms. The molecule has 0 atom stereocenters. The van der Waals surface area contributed by atoms with Crippen molar-refractivity contribution in [3.8, 4) is 5.82 Å². The molecule has 0 amide bonds. The second-order valence-electron chi connectivity index (χ2n) is 5.37. The maximum atomic E-state index is 13.4. The molecule has 4 aromatic rings. The van der Waals surface area contributed by atoms with E-state index in [0.29, 0.717) is 12.2 Å². The number of pyridine rings is 2. The smallest absolute Gasteiger partial charge is 0.214 e. The Hall–Kier alpha value is -3.09. The first-order chi connectivity index (χ1) is 11.8. The van der Waals surface area contributed by atoms with Crippen molar-refractivity contribution in [1.82, 2.24) is 29.3 Å². The fourth-order valence-electron chi connectivity index (χ4n) is 2.86. The molecule has 0 spiro atoms. The number of aryl methyl sites for hydroxylation is 1. The number of fused-ring (bicyclic) bond motifs is 1. The van der Waals surface area contributed by atoms with Gasteiger partial charge in [0.15, 0.2) is 5.82 Å². The van der Waals surface area contributed by atoms with Gasteiger partial charge in [-0.3, -0.25) is 4.98 Å². The van der Waals surface area contributed by atoms with Gasteiger partial charge < -0.3 is 4.57 Å². The van der Waals surface area contributed by atoms with E-state index in [2.05, 4.69) is 26.6 Å². The maximum absolute atomic E-state index is 13.4. The minimum Gasteiger partial charge on any atom is -0.327 e. The van der Waals surface area contributed by atoms with Crippen LogP contribution >= 0.6 is 0 Å². The summed E-state index contributed by atoms with van der Waals surface area (Å²) in [4.78, 5) is 12.8. The van der Waals surface area contributed by atoms with Crippen molar-refractivity contribution in [1.29, 1.82) is 0 Å². The van der Waals surface area contributed by atoms with Crippen LogP contribution in [0.4, 0.5) is 4.39 Å². The van der Waals surface area contributed by atoms with Crippen LogP contribution in [0.15, 0.2) is 48.9 Å². The molecule has 120 valence electrons. The van der Waals surface area contributed by atoms with E-state index < -0.39 is 5.95 Å². The van der Waals surface area contributed by atoms with Crippen molar-refractivity contribution in [3.05, 3.63) is 66.4 Å². The van der Waals surface area contributed by atoms with Crippen LogP contribution in [0.5, 0.6) is 0 Å². The van der Waals surface area contributed by atoms with Gasteiger partial charge >= 0.3 is 0 Å². The number of hydrogen-bond acceptors (Lipinski definition) is 4. The quantitative estimate of drug-likeness (QED) is 0.542. The predicted octanol–water partition coefficient (Wildman–Crippen LogP) is 2.76. The van der Waals surface area contributed by atoms with Crippen LogP contribution in [0.25, 0.3) is 16.9 Å². The standard InChI is InChI=1S/C17H15FN6/c1-2-23-14-11-19-8-7-13(14)21-17(23)10-12-6-9-20-24(12)16-5-3-4-15(18)22-16/h3-9,11H,2,10H2,1H3. The Morgan fingerprint density at radius 2 is 2.00 bits per heavy atom. The van der Waals surface area contributed by atoms with Gasteiger partial charge in [-0.25, -0.2) is 14.6 Å². The number of aromatic nitrogens is 6. The van der Waals surface area contributed by atoms with Gasteiger partial charge in [0.25, 0.3) is 0 Å². The molecule has 0 radical (unpaired) electrons. The van der Waals surface area contributed by atoms with E-state index in [4.69, 9.17) is 4.98 Å². The van der Waals surface area contributed by atoms with Gasteiger partial charge in [-0.2, -0.15) is 9.49 Å². The Labute approximate surface area is 137 Å². The molecular formula is C17H15FN6. The van der Waals surface area contributed by atoms with Gasteiger partial charge in [-0.15, -0.1) is 0 Å². The summed E-state index contributed by atoms with van der Waals surface area (Å²) >= 11 is 0. The van der Waals surface area contributed by atoms with E-state index >= 15 is 0 Å². The van der Waals surface area contributed by atoms with E-state index in [9.17, 15) is 4.39 Å². The van der Waals surface area contributed by atoms with Gasteiger partial charge in [0.05, 0.1) is 22.9 Å². The zero-order chi connectivity index (χ0) is 16.5. The zero-order valence-corrected chi connectivity index (χ0v) is 13.1. The average molecular weight is 322 g/mol. The van der Waals surface area contributed by atoms with Crippen LogP contribution in [0, 0.1) is 5.95 Å². The van der Waals surface area contributed by atoms with Gasteiger partial charge in [0, 0.05) is 25.4 Å². The van der Waals surface area contributed by atoms with Crippen molar-refractivity contribution < 1.29 is 4.39 Å². The Bertz CT molecular complexity index is 1000. The second kappa shape index (κ2) is 5.84. The Morgan fingerprint density at radius 1 is 1.08 bits per heavy atom. The molecule has 0 aliphatic carbocycles. The third-order valence-corrected chi connectivity index (χ3v) is 3.92. The number of imidazole rings is 1. The fourth-order valence-corrected chi connectivity index (χ4v) is 2.86. The highest BCUT2D eigenvalue weighted by Crippen LogP contribution is 2.18. The maximum Gasteiger partial charge on any atom is 0.214 e. The third-order valence-electron chi connectivity index (χ3n) is 3.92. The van der Waals surface area contributed by atoms with Crippen LogP contribution in [-0.2, 0) is 13.0 Å². The topological polar surface area (TPSA) is 61.4 Å². The first-order valence-corrected chi connectivity index (χ1v) is 7.71. The molecule has 0 fully saturated rings.